The van der Waals surface area contributed by atoms with Gasteiger partial charge in [0.2, 0.25) is 0 Å². The first-order valence-corrected chi connectivity index (χ1v) is 9.73. The summed E-state index contributed by atoms with van der Waals surface area (Å²) in [5, 5.41) is 2.53. The molecule has 1 atom stereocenters. The van der Waals surface area contributed by atoms with Crippen molar-refractivity contribution in [3.8, 4) is 5.82 Å². The lowest BCUT2D eigenvalue weighted by molar-refractivity contribution is -0.838. The highest BCUT2D eigenvalue weighted by atomic mass is 15.4. The molecule has 0 aliphatic carbocycles. The van der Waals surface area contributed by atoms with E-state index in [0.717, 1.165) is 5.82 Å². The number of hydrogen-bond acceptors (Lipinski definition) is 2. The number of fused-ring (bicyclic) bond motifs is 3. The topological polar surface area (TPSA) is 25.5 Å². The SMILES string of the molecule is Cc1ccc2c3ccccc3n(-c3ccccn3)c2c1[NH+]1C=CN(C)C1(C)C. The van der Waals surface area contributed by atoms with Crippen molar-refractivity contribution in [3.63, 3.8) is 0 Å². The van der Waals surface area contributed by atoms with Crippen molar-refractivity contribution in [2.24, 2.45) is 0 Å². The summed E-state index contributed by atoms with van der Waals surface area (Å²) in [6.45, 7) is 6.78. The molecule has 0 saturated carbocycles. The summed E-state index contributed by atoms with van der Waals surface area (Å²) in [6.07, 6.45) is 6.31. The van der Waals surface area contributed by atoms with Crippen LogP contribution in [0.25, 0.3) is 27.6 Å². The lowest BCUT2D eigenvalue weighted by Gasteiger charge is -2.34. The highest BCUT2D eigenvalue weighted by Gasteiger charge is 2.41. The van der Waals surface area contributed by atoms with Crippen LogP contribution in [-0.4, -0.2) is 27.2 Å². The Labute approximate surface area is 165 Å². The number of aryl methyl sites for hydroxylation is 1. The molecule has 0 amide bonds. The van der Waals surface area contributed by atoms with Gasteiger partial charge in [0.1, 0.15) is 17.5 Å². The number of hydrogen-bond donors (Lipinski definition) is 1. The number of benzene rings is 2. The maximum Gasteiger partial charge on any atom is 0.175 e. The molecule has 2 aromatic heterocycles. The number of nitrogens with one attached hydrogen (secondary N) is 1. The van der Waals surface area contributed by atoms with Crippen LogP contribution < -0.4 is 4.90 Å². The number of nitrogens with zero attached hydrogens (tertiary/aromatic N) is 3. The molecule has 3 heterocycles. The average Bonchev–Trinajstić information content (AvgIpc) is 3.17. The van der Waals surface area contributed by atoms with Gasteiger partial charge in [0.25, 0.3) is 0 Å². The first-order chi connectivity index (χ1) is 13.5. The molecule has 4 nitrogen and oxygen atoms in total. The first-order valence-electron chi connectivity index (χ1n) is 9.73. The van der Waals surface area contributed by atoms with E-state index in [9.17, 15) is 0 Å². The molecule has 0 radical (unpaired) electrons. The number of pyridine rings is 1. The van der Waals surface area contributed by atoms with E-state index in [4.69, 9.17) is 4.98 Å². The maximum atomic E-state index is 4.70. The Kier molecular flexibility index (Phi) is 3.61. The summed E-state index contributed by atoms with van der Waals surface area (Å²) in [7, 11) is 2.15. The zero-order valence-electron chi connectivity index (χ0n) is 16.8. The number of aromatic nitrogens is 2. The van der Waals surface area contributed by atoms with Crippen molar-refractivity contribution in [2.45, 2.75) is 26.4 Å². The second kappa shape index (κ2) is 5.94. The Hall–Kier alpha value is -3.11. The zero-order chi connectivity index (χ0) is 19.5. The smallest absolute Gasteiger partial charge is 0.175 e. The molecule has 0 bridgehead atoms. The van der Waals surface area contributed by atoms with Crippen LogP contribution in [0, 0.1) is 6.92 Å². The molecule has 1 unspecified atom stereocenters. The van der Waals surface area contributed by atoms with Crippen LogP contribution in [0.3, 0.4) is 0 Å². The second-order valence-corrected chi connectivity index (χ2v) is 8.09. The minimum absolute atomic E-state index is 0.0650. The van der Waals surface area contributed by atoms with Crippen molar-refractivity contribution < 1.29 is 4.90 Å². The van der Waals surface area contributed by atoms with Crippen molar-refractivity contribution >= 4 is 27.5 Å². The number of rotatable bonds is 2. The molecule has 1 N–H and O–H groups in total. The highest BCUT2D eigenvalue weighted by Crippen LogP contribution is 2.36. The van der Waals surface area contributed by atoms with Crippen LogP contribution >= 0.6 is 0 Å². The van der Waals surface area contributed by atoms with Gasteiger partial charge in [-0.1, -0.05) is 36.4 Å². The van der Waals surface area contributed by atoms with Crippen LogP contribution in [0.4, 0.5) is 5.69 Å². The van der Waals surface area contributed by atoms with Crippen molar-refractivity contribution in [1.82, 2.24) is 14.5 Å². The molecular weight excluding hydrogens is 344 g/mol. The van der Waals surface area contributed by atoms with Gasteiger partial charge in [0.15, 0.2) is 11.4 Å². The van der Waals surface area contributed by atoms with E-state index < -0.39 is 0 Å². The van der Waals surface area contributed by atoms with Gasteiger partial charge in [0, 0.05) is 43.4 Å². The van der Waals surface area contributed by atoms with Gasteiger partial charge in [-0.2, -0.15) is 0 Å². The number of quaternary nitrogens is 1. The molecule has 28 heavy (non-hydrogen) atoms. The summed E-state index contributed by atoms with van der Waals surface area (Å²) in [6, 6.07) is 19.2. The highest BCUT2D eigenvalue weighted by molar-refractivity contribution is 6.12. The molecule has 4 aromatic rings. The quantitative estimate of drug-likeness (QED) is 0.574. The van der Waals surface area contributed by atoms with Gasteiger partial charge in [-0.05, 0) is 25.1 Å². The Morgan fingerprint density at radius 2 is 1.71 bits per heavy atom. The molecule has 140 valence electrons. The Balaban J connectivity index is 1.95. The van der Waals surface area contributed by atoms with Crippen LogP contribution in [0.15, 0.2) is 73.2 Å². The van der Waals surface area contributed by atoms with E-state index in [1.54, 1.807) is 0 Å². The van der Waals surface area contributed by atoms with Crippen LogP contribution in [0.5, 0.6) is 0 Å². The van der Waals surface area contributed by atoms with Crippen molar-refractivity contribution in [1.29, 1.82) is 0 Å². The molecule has 1 aliphatic heterocycles. The van der Waals surface area contributed by atoms with E-state index in [1.807, 2.05) is 12.3 Å². The lowest BCUT2D eigenvalue weighted by Crippen LogP contribution is -3.11. The molecule has 5 rings (SSSR count). The largest absolute Gasteiger partial charge is 0.325 e. The standard InChI is InChI=1S/C24H24N4/c1-17-12-13-19-18-9-5-6-10-20(18)28(21-11-7-8-14-25-21)23(19)22(17)27-16-15-26(4)24(27,2)3/h5-16H,1-4H3/p+1. The lowest BCUT2D eigenvalue weighted by atomic mass is 10.0. The summed E-state index contributed by atoms with van der Waals surface area (Å²) < 4.78 is 2.32. The minimum atomic E-state index is -0.0650. The van der Waals surface area contributed by atoms with Gasteiger partial charge in [-0.25, -0.2) is 4.98 Å². The summed E-state index contributed by atoms with van der Waals surface area (Å²) in [4.78, 5) is 8.33. The fraction of sp³-hybridized carbons (Fsp3) is 0.208. The fourth-order valence-electron chi connectivity index (χ4n) is 4.38. The van der Waals surface area contributed by atoms with Crippen LogP contribution in [0.1, 0.15) is 19.4 Å². The zero-order valence-corrected chi connectivity index (χ0v) is 16.8. The van der Waals surface area contributed by atoms with Gasteiger partial charge in [-0.15, -0.1) is 0 Å². The van der Waals surface area contributed by atoms with E-state index in [-0.39, 0.29) is 5.66 Å². The average molecular weight is 369 g/mol. The Bertz CT molecular complexity index is 1220. The monoisotopic (exact) mass is 369 g/mol. The van der Waals surface area contributed by atoms with E-state index in [0.29, 0.717) is 0 Å². The van der Waals surface area contributed by atoms with Crippen LogP contribution in [-0.2, 0) is 0 Å². The third kappa shape index (κ3) is 2.25. The third-order valence-electron chi connectivity index (χ3n) is 6.20. The molecular formula is C24H25N4+. The number of para-hydroxylation sites is 1. The van der Waals surface area contributed by atoms with Gasteiger partial charge in [0.05, 0.1) is 11.7 Å². The molecule has 0 fully saturated rings. The van der Waals surface area contributed by atoms with E-state index in [1.165, 1.54) is 38.0 Å². The van der Waals surface area contributed by atoms with E-state index >= 15 is 0 Å². The molecule has 4 heteroatoms. The van der Waals surface area contributed by atoms with Crippen LogP contribution in [0.2, 0.25) is 0 Å². The predicted octanol–water partition coefficient (Wildman–Crippen LogP) is 4.16. The Morgan fingerprint density at radius 1 is 0.929 bits per heavy atom. The summed E-state index contributed by atoms with van der Waals surface area (Å²) >= 11 is 0. The molecule has 0 spiro atoms. The third-order valence-corrected chi connectivity index (χ3v) is 6.20. The van der Waals surface area contributed by atoms with Gasteiger partial charge >= 0.3 is 0 Å². The minimum Gasteiger partial charge on any atom is -0.325 e. The van der Waals surface area contributed by atoms with Gasteiger partial charge in [-0.3, -0.25) is 9.47 Å². The molecule has 0 saturated heterocycles. The normalized spacial score (nSPS) is 18.4. The summed E-state index contributed by atoms with van der Waals surface area (Å²) in [5.41, 5.74) is 4.96. The molecule has 2 aromatic carbocycles. The van der Waals surface area contributed by atoms with Crippen molar-refractivity contribution in [2.75, 3.05) is 7.05 Å². The summed E-state index contributed by atoms with van der Waals surface area (Å²) in [5.74, 6) is 0.953. The molecule has 1 aliphatic rings. The second-order valence-electron chi connectivity index (χ2n) is 8.09. The predicted molar refractivity (Wildman–Crippen MR) is 115 cm³/mol. The Morgan fingerprint density at radius 3 is 2.43 bits per heavy atom. The van der Waals surface area contributed by atoms with Crippen molar-refractivity contribution in [3.05, 3.63) is 78.8 Å². The fourth-order valence-corrected chi connectivity index (χ4v) is 4.38. The van der Waals surface area contributed by atoms with E-state index in [2.05, 4.69) is 98.2 Å². The van der Waals surface area contributed by atoms with Gasteiger partial charge < -0.3 is 4.90 Å². The maximum absolute atomic E-state index is 4.70. The first kappa shape index (κ1) is 17.0.